The van der Waals surface area contributed by atoms with Crippen molar-refractivity contribution in [2.75, 3.05) is 0 Å². The predicted octanol–water partition coefficient (Wildman–Crippen LogP) is 4.03. The van der Waals surface area contributed by atoms with Gasteiger partial charge >= 0.3 is 0 Å². The van der Waals surface area contributed by atoms with Crippen LogP contribution in [-0.4, -0.2) is 26.5 Å². The van der Waals surface area contributed by atoms with E-state index in [2.05, 4.69) is 15.5 Å². The summed E-state index contributed by atoms with van der Waals surface area (Å²) in [5.41, 5.74) is 2.90. The van der Waals surface area contributed by atoms with E-state index < -0.39 is 0 Å². The summed E-state index contributed by atoms with van der Waals surface area (Å²) in [5.74, 6) is 0.227. The number of benzene rings is 1. The lowest BCUT2D eigenvalue weighted by atomic mass is 9.95. The summed E-state index contributed by atoms with van der Waals surface area (Å²) in [6.07, 6.45) is 3.49. The van der Waals surface area contributed by atoms with Crippen LogP contribution >= 0.6 is 0 Å². The molecule has 0 bridgehead atoms. The maximum absolute atomic E-state index is 15.0. The third kappa shape index (κ3) is 3.31. The zero-order valence-corrected chi connectivity index (χ0v) is 16.0. The molecule has 0 radical (unpaired) electrons. The Morgan fingerprint density at radius 1 is 1.19 bits per heavy atom. The van der Waals surface area contributed by atoms with Crippen LogP contribution in [0, 0.1) is 12.7 Å². The zero-order valence-electron chi connectivity index (χ0n) is 16.0. The SMILES string of the molecule is Cc1ccc(C(=O)NC2CC2)cc1-c1cc2nnc(C(C)(C)C)n2cc1F. The number of halogens is 1. The maximum atomic E-state index is 15.0. The van der Waals surface area contributed by atoms with Gasteiger partial charge in [-0.05, 0) is 49.1 Å². The minimum Gasteiger partial charge on any atom is -0.349 e. The summed E-state index contributed by atoms with van der Waals surface area (Å²) in [6.45, 7) is 7.95. The normalized spacial score (nSPS) is 14.6. The highest BCUT2D eigenvalue weighted by atomic mass is 19.1. The number of fused-ring (bicyclic) bond motifs is 1. The van der Waals surface area contributed by atoms with Crippen LogP contribution in [0.15, 0.2) is 30.5 Å². The van der Waals surface area contributed by atoms with E-state index in [0.29, 0.717) is 28.2 Å². The number of rotatable bonds is 3. The quantitative estimate of drug-likeness (QED) is 0.761. The van der Waals surface area contributed by atoms with Crippen molar-refractivity contribution in [2.45, 2.75) is 52.0 Å². The zero-order chi connectivity index (χ0) is 19.3. The molecule has 1 aliphatic carbocycles. The van der Waals surface area contributed by atoms with Crippen molar-refractivity contribution in [3.8, 4) is 11.1 Å². The van der Waals surface area contributed by atoms with E-state index in [0.717, 1.165) is 18.4 Å². The van der Waals surface area contributed by atoms with E-state index >= 15 is 4.39 Å². The van der Waals surface area contributed by atoms with Crippen molar-refractivity contribution in [2.24, 2.45) is 0 Å². The third-order valence-corrected chi connectivity index (χ3v) is 4.87. The van der Waals surface area contributed by atoms with E-state index in [-0.39, 0.29) is 23.2 Å². The first-order valence-corrected chi connectivity index (χ1v) is 9.20. The summed E-state index contributed by atoms with van der Waals surface area (Å²) < 4.78 is 16.7. The molecule has 3 aromatic rings. The van der Waals surface area contributed by atoms with Gasteiger partial charge < -0.3 is 5.32 Å². The molecule has 0 saturated heterocycles. The molecule has 0 atom stereocenters. The first kappa shape index (κ1) is 17.6. The average molecular weight is 366 g/mol. The van der Waals surface area contributed by atoms with E-state index in [1.165, 1.54) is 6.20 Å². The van der Waals surface area contributed by atoms with Gasteiger partial charge in [-0.15, -0.1) is 10.2 Å². The number of hydrogen-bond donors (Lipinski definition) is 1. The van der Waals surface area contributed by atoms with Crippen LogP contribution in [0.5, 0.6) is 0 Å². The van der Waals surface area contributed by atoms with Gasteiger partial charge in [0.05, 0.1) is 0 Å². The topological polar surface area (TPSA) is 59.3 Å². The monoisotopic (exact) mass is 366 g/mol. The molecular formula is C21H23FN4O. The fourth-order valence-corrected chi connectivity index (χ4v) is 3.18. The fraction of sp³-hybridized carbons (Fsp3) is 0.381. The van der Waals surface area contributed by atoms with Crippen molar-refractivity contribution >= 4 is 11.6 Å². The predicted molar refractivity (Wildman–Crippen MR) is 102 cm³/mol. The standard InChI is InChI=1S/C21H23FN4O/c1-12-5-6-13(19(27)23-14-7-8-14)9-15(12)16-10-18-24-25-20(21(2,3)4)26(18)11-17(16)22/h5-6,9-11,14H,7-8H2,1-4H3,(H,23,27). The summed E-state index contributed by atoms with van der Waals surface area (Å²) in [4.78, 5) is 12.4. The highest BCUT2D eigenvalue weighted by Gasteiger charge is 2.25. The van der Waals surface area contributed by atoms with Crippen LogP contribution in [-0.2, 0) is 5.41 Å². The minimum atomic E-state index is -0.365. The second-order valence-corrected chi connectivity index (χ2v) is 8.31. The Bertz CT molecular complexity index is 1040. The van der Waals surface area contributed by atoms with Gasteiger partial charge in [0.15, 0.2) is 5.65 Å². The van der Waals surface area contributed by atoms with E-state index in [1.807, 2.05) is 33.8 Å². The van der Waals surface area contributed by atoms with E-state index in [4.69, 9.17) is 0 Å². The van der Waals surface area contributed by atoms with Crippen LogP contribution in [0.2, 0.25) is 0 Å². The second-order valence-electron chi connectivity index (χ2n) is 8.31. The third-order valence-electron chi connectivity index (χ3n) is 4.87. The van der Waals surface area contributed by atoms with Crippen LogP contribution in [0.25, 0.3) is 16.8 Å². The molecule has 1 N–H and O–H groups in total. The largest absolute Gasteiger partial charge is 0.349 e. The Hall–Kier alpha value is -2.76. The maximum Gasteiger partial charge on any atom is 0.251 e. The number of pyridine rings is 1. The Labute approximate surface area is 157 Å². The summed E-state index contributed by atoms with van der Waals surface area (Å²) in [6, 6.07) is 7.36. The fourth-order valence-electron chi connectivity index (χ4n) is 3.18. The molecule has 1 aliphatic rings. The Morgan fingerprint density at radius 2 is 1.93 bits per heavy atom. The number of carbonyl (C=O) groups excluding carboxylic acids is 1. The van der Waals surface area contributed by atoms with Gasteiger partial charge in [0.1, 0.15) is 11.6 Å². The Balaban J connectivity index is 1.79. The lowest BCUT2D eigenvalue weighted by Crippen LogP contribution is -2.25. The van der Waals surface area contributed by atoms with Gasteiger partial charge in [0, 0.05) is 28.8 Å². The summed E-state index contributed by atoms with van der Waals surface area (Å²) >= 11 is 0. The molecule has 0 spiro atoms. The van der Waals surface area contributed by atoms with Gasteiger partial charge in [-0.2, -0.15) is 0 Å². The average Bonchev–Trinajstić information content (AvgIpc) is 3.30. The van der Waals surface area contributed by atoms with E-state index in [1.54, 1.807) is 22.6 Å². The van der Waals surface area contributed by atoms with Gasteiger partial charge in [-0.3, -0.25) is 9.20 Å². The van der Waals surface area contributed by atoms with Crippen LogP contribution in [0.1, 0.15) is 55.4 Å². The van der Waals surface area contributed by atoms with Gasteiger partial charge in [0.2, 0.25) is 0 Å². The summed E-state index contributed by atoms with van der Waals surface area (Å²) in [7, 11) is 0. The molecule has 2 heterocycles. The van der Waals surface area contributed by atoms with Gasteiger partial charge in [-0.1, -0.05) is 26.8 Å². The highest BCUT2D eigenvalue weighted by Crippen LogP contribution is 2.30. The van der Waals surface area contributed by atoms with Crippen LogP contribution in [0.3, 0.4) is 0 Å². The van der Waals surface area contributed by atoms with Crippen molar-refractivity contribution < 1.29 is 9.18 Å². The van der Waals surface area contributed by atoms with Crippen molar-refractivity contribution in [1.29, 1.82) is 0 Å². The Morgan fingerprint density at radius 3 is 2.59 bits per heavy atom. The van der Waals surface area contributed by atoms with Gasteiger partial charge in [-0.25, -0.2) is 4.39 Å². The molecule has 1 aromatic carbocycles. The number of nitrogens with one attached hydrogen (secondary N) is 1. The van der Waals surface area contributed by atoms with Crippen molar-refractivity contribution in [3.05, 3.63) is 53.2 Å². The molecular weight excluding hydrogens is 343 g/mol. The Kier molecular flexibility index (Phi) is 4.02. The second kappa shape index (κ2) is 6.15. The number of aryl methyl sites for hydroxylation is 1. The molecule has 27 heavy (non-hydrogen) atoms. The van der Waals surface area contributed by atoms with Crippen molar-refractivity contribution in [1.82, 2.24) is 19.9 Å². The number of aromatic nitrogens is 3. The van der Waals surface area contributed by atoms with Crippen molar-refractivity contribution in [3.63, 3.8) is 0 Å². The first-order chi connectivity index (χ1) is 12.7. The number of amides is 1. The molecule has 4 rings (SSSR count). The van der Waals surface area contributed by atoms with Crippen LogP contribution in [0.4, 0.5) is 4.39 Å². The number of hydrogen-bond acceptors (Lipinski definition) is 3. The number of nitrogens with zero attached hydrogens (tertiary/aromatic N) is 3. The molecule has 5 nitrogen and oxygen atoms in total. The molecule has 1 amide bonds. The highest BCUT2D eigenvalue weighted by molar-refractivity contribution is 5.96. The lowest BCUT2D eigenvalue weighted by molar-refractivity contribution is 0.0951. The van der Waals surface area contributed by atoms with Crippen LogP contribution < -0.4 is 5.32 Å². The molecule has 6 heteroatoms. The molecule has 1 saturated carbocycles. The lowest BCUT2D eigenvalue weighted by Gasteiger charge is -2.16. The molecule has 0 aliphatic heterocycles. The van der Waals surface area contributed by atoms with Gasteiger partial charge in [0.25, 0.3) is 5.91 Å². The molecule has 2 aromatic heterocycles. The summed E-state index contributed by atoms with van der Waals surface area (Å²) in [5, 5.41) is 11.4. The number of carbonyl (C=O) groups is 1. The first-order valence-electron chi connectivity index (χ1n) is 9.20. The molecule has 1 fully saturated rings. The molecule has 0 unspecified atom stereocenters. The smallest absolute Gasteiger partial charge is 0.251 e. The molecule has 140 valence electrons. The minimum absolute atomic E-state index is 0.113. The van der Waals surface area contributed by atoms with E-state index in [9.17, 15) is 4.79 Å².